The standard InChI is InChI=1S/C26H48O5S2/c1-5-6-7-8-9-10-11-12-13-14-16-26(32-17-15-18-33-26)19-20(27)21-22-23(24(28-4)29-21)31-25(2,3)30-22/h20-24,27H,5-19H2,1-4H3/t20-,21-,22+,23+,24+/m1/s1. The molecule has 5 nitrogen and oxygen atoms in total. The number of hydrogen-bond acceptors (Lipinski definition) is 7. The number of ether oxygens (including phenoxy) is 4. The van der Waals surface area contributed by atoms with Crippen LogP contribution in [0.5, 0.6) is 0 Å². The van der Waals surface area contributed by atoms with E-state index in [1.54, 1.807) is 7.11 Å². The predicted molar refractivity (Wildman–Crippen MR) is 139 cm³/mol. The molecule has 1 N–H and O–H groups in total. The van der Waals surface area contributed by atoms with Crippen molar-refractivity contribution in [3.63, 3.8) is 0 Å². The molecule has 33 heavy (non-hydrogen) atoms. The summed E-state index contributed by atoms with van der Waals surface area (Å²) in [7, 11) is 1.63. The second-order valence-corrected chi connectivity index (χ2v) is 13.6. The van der Waals surface area contributed by atoms with Crippen LogP contribution in [0.25, 0.3) is 0 Å². The summed E-state index contributed by atoms with van der Waals surface area (Å²) in [6.07, 6.45) is 14.7. The molecule has 3 rings (SSSR count). The molecule has 0 bridgehead atoms. The highest BCUT2D eigenvalue weighted by Crippen LogP contribution is 2.50. The van der Waals surface area contributed by atoms with Gasteiger partial charge >= 0.3 is 0 Å². The molecule has 3 heterocycles. The van der Waals surface area contributed by atoms with E-state index in [-0.39, 0.29) is 16.3 Å². The van der Waals surface area contributed by atoms with Gasteiger partial charge in [0.1, 0.15) is 18.3 Å². The van der Waals surface area contributed by atoms with E-state index in [1.807, 2.05) is 13.8 Å². The van der Waals surface area contributed by atoms with Crippen LogP contribution in [0.4, 0.5) is 0 Å². The summed E-state index contributed by atoms with van der Waals surface area (Å²) in [5, 5.41) is 11.3. The Hall–Kier alpha value is 0.500. The van der Waals surface area contributed by atoms with Crippen LogP contribution in [0, 0.1) is 0 Å². The van der Waals surface area contributed by atoms with Crippen LogP contribution in [0.15, 0.2) is 0 Å². The average molecular weight is 505 g/mol. The maximum Gasteiger partial charge on any atom is 0.186 e. The van der Waals surface area contributed by atoms with Crippen molar-refractivity contribution in [1.29, 1.82) is 0 Å². The Kier molecular flexibility index (Phi) is 11.7. The third kappa shape index (κ3) is 8.26. The van der Waals surface area contributed by atoms with Gasteiger partial charge in [0, 0.05) is 7.11 Å². The molecular formula is C26H48O5S2. The number of aliphatic hydroxyl groups excluding tert-OH is 1. The molecule has 5 atom stereocenters. The van der Waals surface area contributed by atoms with E-state index in [1.165, 1.54) is 82.1 Å². The van der Waals surface area contributed by atoms with Crippen molar-refractivity contribution < 1.29 is 24.1 Å². The zero-order valence-corrected chi connectivity index (χ0v) is 23.0. The van der Waals surface area contributed by atoms with Crippen molar-refractivity contribution in [2.45, 2.75) is 145 Å². The molecule has 0 spiro atoms. The molecule has 0 aromatic rings. The summed E-state index contributed by atoms with van der Waals surface area (Å²) in [5.74, 6) is 1.70. The second-order valence-electron chi connectivity index (χ2n) is 10.4. The lowest BCUT2D eigenvalue weighted by molar-refractivity contribution is -0.237. The molecule has 0 unspecified atom stereocenters. The molecule has 0 saturated carbocycles. The van der Waals surface area contributed by atoms with Crippen LogP contribution in [-0.2, 0) is 18.9 Å². The lowest BCUT2D eigenvalue weighted by atomic mass is 9.98. The fourth-order valence-electron chi connectivity index (χ4n) is 5.39. The lowest BCUT2D eigenvalue weighted by Crippen LogP contribution is -2.42. The smallest absolute Gasteiger partial charge is 0.186 e. The van der Waals surface area contributed by atoms with Crippen molar-refractivity contribution >= 4 is 23.5 Å². The number of aliphatic hydroxyl groups is 1. The van der Waals surface area contributed by atoms with Crippen LogP contribution in [0.2, 0.25) is 0 Å². The van der Waals surface area contributed by atoms with Gasteiger partial charge in [-0.3, -0.25) is 0 Å². The number of rotatable bonds is 15. The van der Waals surface area contributed by atoms with Crippen molar-refractivity contribution in [1.82, 2.24) is 0 Å². The first-order chi connectivity index (χ1) is 15.9. The third-order valence-electron chi connectivity index (χ3n) is 7.11. The number of methoxy groups -OCH3 is 1. The van der Waals surface area contributed by atoms with Crippen molar-refractivity contribution in [3.8, 4) is 0 Å². The largest absolute Gasteiger partial charge is 0.390 e. The van der Waals surface area contributed by atoms with Gasteiger partial charge in [-0.1, -0.05) is 71.1 Å². The predicted octanol–water partition coefficient (Wildman–Crippen LogP) is 6.51. The summed E-state index contributed by atoms with van der Waals surface area (Å²) in [5.41, 5.74) is 0. The van der Waals surface area contributed by atoms with E-state index in [4.69, 9.17) is 18.9 Å². The van der Waals surface area contributed by atoms with Crippen LogP contribution in [-0.4, -0.2) is 64.3 Å². The molecule has 3 saturated heterocycles. The fourth-order valence-corrected chi connectivity index (χ4v) is 8.88. The van der Waals surface area contributed by atoms with E-state index in [0.29, 0.717) is 0 Å². The third-order valence-corrected chi connectivity index (χ3v) is 10.6. The van der Waals surface area contributed by atoms with Gasteiger partial charge in [0.15, 0.2) is 12.1 Å². The molecule has 0 aromatic carbocycles. The van der Waals surface area contributed by atoms with Gasteiger partial charge in [0.2, 0.25) is 0 Å². The molecule has 0 radical (unpaired) electrons. The Bertz CT molecular complexity index is 555. The normalized spacial score (nSPS) is 31.5. The minimum absolute atomic E-state index is 0.0802. The van der Waals surface area contributed by atoms with Crippen LogP contribution < -0.4 is 0 Å². The van der Waals surface area contributed by atoms with Gasteiger partial charge in [-0.15, -0.1) is 23.5 Å². The molecule has 194 valence electrons. The van der Waals surface area contributed by atoms with Crippen LogP contribution in [0.3, 0.4) is 0 Å². The SMILES string of the molecule is CCCCCCCCCCCCC1(C[C@@H](O)[C@H]2O[C@H](OC)[C@H]3OC(C)(C)O[C@H]32)SCCCS1. The van der Waals surface area contributed by atoms with E-state index in [9.17, 15) is 5.11 Å². The summed E-state index contributed by atoms with van der Waals surface area (Å²) in [6.45, 7) is 6.11. The highest BCUT2D eigenvalue weighted by atomic mass is 32.2. The molecule has 3 aliphatic rings. The molecule has 0 amide bonds. The quantitative estimate of drug-likeness (QED) is 0.255. The summed E-state index contributed by atoms with van der Waals surface area (Å²) in [6, 6.07) is 0. The molecule has 7 heteroatoms. The first-order valence-electron chi connectivity index (χ1n) is 13.4. The topological polar surface area (TPSA) is 57.2 Å². The fraction of sp³-hybridized carbons (Fsp3) is 1.00. The molecule has 3 aliphatic heterocycles. The van der Waals surface area contributed by atoms with Gasteiger partial charge in [-0.05, 0) is 44.6 Å². The second kappa shape index (κ2) is 13.7. The average Bonchev–Trinajstić information content (AvgIpc) is 3.28. The number of hydrogen-bond donors (Lipinski definition) is 1. The molecule has 0 aromatic heterocycles. The Morgan fingerprint density at radius 3 is 2.09 bits per heavy atom. The monoisotopic (exact) mass is 504 g/mol. The van der Waals surface area contributed by atoms with Crippen molar-refractivity contribution in [3.05, 3.63) is 0 Å². The van der Waals surface area contributed by atoms with E-state index >= 15 is 0 Å². The van der Waals surface area contributed by atoms with Gasteiger partial charge in [0.05, 0.1) is 10.2 Å². The molecule has 3 fully saturated rings. The Balaban J connectivity index is 1.45. The zero-order valence-electron chi connectivity index (χ0n) is 21.4. The number of unbranched alkanes of at least 4 members (excludes halogenated alkanes) is 9. The Labute approximate surface area is 210 Å². The van der Waals surface area contributed by atoms with Crippen molar-refractivity contribution in [2.24, 2.45) is 0 Å². The number of fused-ring (bicyclic) bond motifs is 1. The van der Waals surface area contributed by atoms with E-state index in [0.717, 1.165) is 12.8 Å². The highest BCUT2D eigenvalue weighted by Gasteiger charge is 2.58. The number of thioether (sulfide) groups is 2. The first-order valence-corrected chi connectivity index (χ1v) is 15.4. The van der Waals surface area contributed by atoms with Crippen molar-refractivity contribution in [2.75, 3.05) is 18.6 Å². The summed E-state index contributed by atoms with van der Waals surface area (Å²) in [4.78, 5) is 0. The van der Waals surface area contributed by atoms with Crippen LogP contribution in [0.1, 0.15) is 104 Å². The van der Waals surface area contributed by atoms with E-state index < -0.39 is 24.3 Å². The highest BCUT2D eigenvalue weighted by molar-refractivity contribution is 8.18. The first kappa shape index (κ1) is 28.1. The van der Waals surface area contributed by atoms with E-state index in [2.05, 4.69) is 30.4 Å². The zero-order chi connectivity index (χ0) is 23.7. The Morgan fingerprint density at radius 1 is 0.909 bits per heavy atom. The van der Waals surface area contributed by atoms with Gasteiger partial charge in [-0.2, -0.15) is 0 Å². The maximum absolute atomic E-state index is 11.3. The minimum Gasteiger partial charge on any atom is -0.390 e. The molecule has 0 aliphatic carbocycles. The summed E-state index contributed by atoms with van der Waals surface area (Å²) < 4.78 is 23.8. The lowest BCUT2D eigenvalue weighted by Gasteiger charge is -2.39. The maximum atomic E-state index is 11.3. The minimum atomic E-state index is -0.671. The van der Waals surface area contributed by atoms with Gasteiger partial charge in [-0.25, -0.2) is 0 Å². The molecular weight excluding hydrogens is 456 g/mol. The van der Waals surface area contributed by atoms with Crippen LogP contribution >= 0.6 is 23.5 Å². The summed E-state index contributed by atoms with van der Waals surface area (Å²) >= 11 is 4.11. The Morgan fingerprint density at radius 2 is 1.48 bits per heavy atom. The van der Waals surface area contributed by atoms with Gasteiger partial charge < -0.3 is 24.1 Å². The van der Waals surface area contributed by atoms with Gasteiger partial charge in [0.25, 0.3) is 0 Å².